The minimum atomic E-state index is 0.140. The summed E-state index contributed by atoms with van der Waals surface area (Å²) in [5, 5.41) is 0. The Morgan fingerprint density at radius 2 is 2.12 bits per heavy atom. The monoisotopic (exact) mass is 240 g/mol. The average molecular weight is 240 g/mol. The van der Waals surface area contributed by atoms with E-state index in [1.807, 2.05) is 0 Å². The first-order valence-electron chi connectivity index (χ1n) is 7.23. The predicted octanol–water partition coefficient (Wildman–Crippen LogP) is 1.86. The van der Waals surface area contributed by atoms with Gasteiger partial charge in [0.05, 0.1) is 6.61 Å². The van der Waals surface area contributed by atoms with Gasteiger partial charge in [0.15, 0.2) is 0 Å². The molecule has 0 aromatic heterocycles. The molecule has 2 rings (SSSR count). The topological polar surface area (TPSA) is 38.5 Å². The summed E-state index contributed by atoms with van der Waals surface area (Å²) in [5.41, 5.74) is 6.24. The normalized spacial score (nSPS) is 29.3. The highest BCUT2D eigenvalue weighted by Crippen LogP contribution is 2.34. The first kappa shape index (κ1) is 13.3. The minimum Gasteiger partial charge on any atom is -0.381 e. The molecule has 1 saturated heterocycles. The third kappa shape index (κ3) is 2.67. The standard InChI is InChI=1S/C14H28N2O/c1-3-16(9-12-5-4-6-12)14(2,11-15)13-7-8-17-10-13/h12-13H,3-11,15H2,1-2H3. The molecular formula is C14H28N2O. The van der Waals surface area contributed by atoms with Gasteiger partial charge in [-0.05, 0) is 38.6 Å². The van der Waals surface area contributed by atoms with E-state index in [1.54, 1.807) is 0 Å². The molecule has 2 N–H and O–H groups in total. The number of rotatable bonds is 6. The third-order valence-corrected chi connectivity index (χ3v) is 5.03. The van der Waals surface area contributed by atoms with Crippen LogP contribution in [0, 0.1) is 11.8 Å². The van der Waals surface area contributed by atoms with Gasteiger partial charge >= 0.3 is 0 Å². The first-order valence-corrected chi connectivity index (χ1v) is 7.23. The maximum Gasteiger partial charge on any atom is 0.0513 e. The van der Waals surface area contributed by atoms with Crippen molar-refractivity contribution < 1.29 is 4.74 Å². The third-order valence-electron chi connectivity index (χ3n) is 5.03. The Bertz CT molecular complexity index is 236. The van der Waals surface area contributed by atoms with Crippen molar-refractivity contribution in [1.29, 1.82) is 0 Å². The summed E-state index contributed by atoms with van der Waals surface area (Å²) in [6.07, 6.45) is 5.43. The smallest absolute Gasteiger partial charge is 0.0513 e. The summed E-state index contributed by atoms with van der Waals surface area (Å²) in [5.74, 6) is 1.54. The van der Waals surface area contributed by atoms with Gasteiger partial charge in [-0.1, -0.05) is 13.3 Å². The second kappa shape index (κ2) is 5.68. The summed E-state index contributed by atoms with van der Waals surface area (Å²) in [4.78, 5) is 2.62. The Labute approximate surface area is 106 Å². The Morgan fingerprint density at radius 3 is 2.53 bits per heavy atom. The van der Waals surface area contributed by atoms with Crippen LogP contribution >= 0.6 is 0 Å². The molecule has 3 nitrogen and oxygen atoms in total. The van der Waals surface area contributed by atoms with E-state index in [-0.39, 0.29) is 5.54 Å². The molecule has 2 aliphatic rings. The van der Waals surface area contributed by atoms with E-state index in [4.69, 9.17) is 10.5 Å². The number of hydrogen-bond donors (Lipinski definition) is 1. The van der Waals surface area contributed by atoms with Crippen molar-refractivity contribution in [1.82, 2.24) is 4.90 Å². The van der Waals surface area contributed by atoms with Crippen molar-refractivity contribution in [3.05, 3.63) is 0 Å². The molecule has 1 saturated carbocycles. The zero-order chi connectivity index (χ0) is 12.3. The van der Waals surface area contributed by atoms with Crippen LogP contribution in [0.25, 0.3) is 0 Å². The molecule has 100 valence electrons. The maximum absolute atomic E-state index is 6.10. The predicted molar refractivity (Wildman–Crippen MR) is 71.0 cm³/mol. The van der Waals surface area contributed by atoms with E-state index in [0.717, 1.165) is 32.2 Å². The molecule has 0 spiro atoms. The number of likely N-dealkylation sites (N-methyl/N-ethyl adjacent to an activating group) is 1. The van der Waals surface area contributed by atoms with Crippen molar-refractivity contribution in [2.24, 2.45) is 17.6 Å². The van der Waals surface area contributed by atoms with Crippen LogP contribution in [0.1, 0.15) is 39.5 Å². The Balaban J connectivity index is 2.00. The molecular weight excluding hydrogens is 212 g/mol. The molecule has 1 heterocycles. The average Bonchev–Trinajstić information content (AvgIpc) is 2.81. The van der Waals surface area contributed by atoms with Crippen LogP contribution in [0.3, 0.4) is 0 Å². The van der Waals surface area contributed by atoms with Crippen LogP contribution in [-0.4, -0.2) is 43.3 Å². The highest BCUT2D eigenvalue weighted by atomic mass is 16.5. The highest BCUT2D eigenvalue weighted by molar-refractivity contribution is 4.96. The van der Waals surface area contributed by atoms with E-state index >= 15 is 0 Å². The van der Waals surface area contributed by atoms with Crippen LogP contribution in [0.4, 0.5) is 0 Å². The van der Waals surface area contributed by atoms with Crippen LogP contribution in [0.2, 0.25) is 0 Å². The Hall–Kier alpha value is -0.120. The highest BCUT2D eigenvalue weighted by Gasteiger charge is 2.40. The van der Waals surface area contributed by atoms with E-state index < -0.39 is 0 Å². The fourth-order valence-corrected chi connectivity index (χ4v) is 3.26. The van der Waals surface area contributed by atoms with Crippen molar-refractivity contribution >= 4 is 0 Å². The van der Waals surface area contributed by atoms with Crippen molar-refractivity contribution in [2.45, 2.75) is 45.1 Å². The molecule has 0 amide bonds. The van der Waals surface area contributed by atoms with Gasteiger partial charge in [0.2, 0.25) is 0 Å². The maximum atomic E-state index is 6.10. The van der Waals surface area contributed by atoms with E-state index in [9.17, 15) is 0 Å². The van der Waals surface area contributed by atoms with Crippen LogP contribution < -0.4 is 5.73 Å². The zero-order valence-corrected chi connectivity index (χ0v) is 11.5. The second-order valence-corrected chi connectivity index (χ2v) is 5.96. The van der Waals surface area contributed by atoms with Crippen LogP contribution in [0.5, 0.6) is 0 Å². The first-order chi connectivity index (χ1) is 8.20. The minimum absolute atomic E-state index is 0.140. The molecule has 0 aromatic carbocycles. The molecule has 2 unspecified atom stereocenters. The lowest BCUT2D eigenvalue weighted by atomic mass is 9.80. The van der Waals surface area contributed by atoms with E-state index in [1.165, 1.54) is 32.2 Å². The molecule has 3 heteroatoms. The number of hydrogen-bond acceptors (Lipinski definition) is 3. The number of ether oxygens (including phenoxy) is 1. The fourth-order valence-electron chi connectivity index (χ4n) is 3.26. The largest absolute Gasteiger partial charge is 0.381 e. The van der Waals surface area contributed by atoms with Gasteiger partial charge in [-0.2, -0.15) is 0 Å². The van der Waals surface area contributed by atoms with Gasteiger partial charge in [-0.25, -0.2) is 0 Å². The van der Waals surface area contributed by atoms with Crippen molar-refractivity contribution in [3.8, 4) is 0 Å². The van der Waals surface area contributed by atoms with Gasteiger partial charge < -0.3 is 10.5 Å². The van der Waals surface area contributed by atoms with Gasteiger partial charge in [0.25, 0.3) is 0 Å². The molecule has 0 bridgehead atoms. The van der Waals surface area contributed by atoms with Gasteiger partial charge in [0.1, 0.15) is 0 Å². The zero-order valence-electron chi connectivity index (χ0n) is 11.5. The molecule has 1 aliphatic carbocycles. The summed E-state index contributed by atoms with van der Waals surface area (Å²) in [6.45, 7) is 9.52. The lowest BCUT2D eigenvalue weighted by Gasteiger charge is -2.46. The summed E-state index contributed by atoms with van der Waals surface area (Å²) < 4.78 is 5.56. The second-order valence-electron chi connectivity index (χ2n) is 5.96. The van der Waals surface area contributed by atoms with Crippen LogP contribution in [0.15, 0.2) is 0 Å². The summed E-state index contributed by atoms with van der Waals surface area (Å²) in [6, 6.07) is 0. The molecule has 2 fully saturated rings. The lowest BCUT2D eigenvalue weighted by Crippen LogP contribution is -2.58. The van der Waals surface area contributed by atoms with Crippen molar-refractivity contribution in [3.63, 3.8) is 0 Å². The Kier molecular flexibility index (Phi) is 4.45. The summed E-state index contributed by atoms with van der Waals surface area (Å²) >= 11 is 0. The summed E-state index contributed by atoms with van der Waals surface area (Å²) in [7, 11) is 0. The molecule has 0 aromatic rings. The fraction of sp³-hybridized carbons (Fsp3) is 1.00. The van der Waals surface area contributed by atoms with Gasteiger partial charge in [-0.3, -0.25) is 4.90 Å². The SMILES string of the molecule is CCN(CC1CCC1)C(C)(CN)C1CCOC1. The lowest BCUT2D eigenvalue weighted by molar-refractivity contribution is 0.0259. The van der Waals surface area contributed by atoms with Gasteiger partial charge in [-0.15, -0.1) is 0 Å². The molecule has 0 radical (unpaired) electrons. The molecule has 1 aliphatic heterocycles. The molecule has 17 heavy (non-hydrogen) atoms. The number of nitrogens with zero attached hydrogens (tertiary/aromatic N) is 1. The van der Waals surface area contributed by atoms with E-state index in [0.29, 0.717) is 5.92 Å². The number of nitrogens with two attached hydrogens (primary N) is 1. The van der Waals surface area contributed by atoms with E-state index in [2.05, 4.69) is 18.7 Å². The van der Waals surface area contributed by atoms with Gasteiger partial charge in [0, 0.05) is 31.2 Å². The van der Waals surface area contributed by atoms with Crippen LogP contribution in [-0.2, 0) is 4.74 Å². The molecule has 2 atom stereocenters. The Morgan fingerprint density at radius 1 is 1.35 bits per heavy atom. The quantitative estimate of drug-likeness (QED) is 0.770. The van der Waals surface area contributed by atoms with Crippen molar-refractivity contribution in [2.75, 3.05) is 32.8 Å².